The largest absolute Gasteiger partial charge is 0.493 e. The van der Waals surface area contributed by atoms with Crippen molar-refractivity contribution in [3.05, 3.63) is 46.4 Å². The molecule has 0 unspecified atom stereocenters. The van der Waals surface area contributed by atoms with Crippen molar-refractivity contribution in [3.63, 3.8) is 0 Å². The summed E-state index contributed by atoms with van der Waals surface area (Å²) in [4.78, 5) is 12.3. The van der Waals surface area contributed by atoms with Gasteiger partial charge in [0.2, 0.25) is 5.91 Å². The van der Waals surface area contributed by atoms with Crippen molar-refractivity contribution in [2.45, 2.75) is 6.61 Å². The number of hydrogen-bond donors (Lipinski definition) is 1. The fourth-order valence-electron chi connectivity index (χ4n) is 2.54. The second-order valence-corrected chi connectivity index (χ2v) is 6.41. The highest BCUT2D eigenvalue weighted by atomic mass is 79.9. The first kappa shape index (κ1) is 19.9. The molecule has 1 heterocycles. The fraction of sp³-hybridized carbons (Fsp3) is 0.211. The zero-order valence-corrected chi connectivity index (χ0v) is 16.3. The molecule has 0 bridgehead atoms. The van der Waals surface area contributed by atoms with Crippen LogP contribution in [-0.4, -0.2) is 32.8 Å². The minimum atomic E-state index is -3.02. The Labute approximate surface area is 168 Å². The van der Waals surface area contributed by atoms with Gasteiger partial charge in [-0.2, -0.15) is 8.78 Å². The topological polar surface area (TPSA) is 66.0 Å². The molecule has 0 saturated carbocycles. The van der Waals surface area contributed by atoms with Crippen LogP contribution in [-0.2, 0) is 4.79 Å². The molecular formula is C19H16BrF2NO5. The zero-order valence-electron chi connectivity index (χ0n) is 14.7. The number of rotatable bonds is 6. The lowest BCUT2D eigenvalue weighted by atomic mass is 10.1. The number of nitrogens with one attached hydrogen (secondary N) is 1. The molecule has 9 heteroatoms. The molecule has 28 heavy (non-hydrogen) atoms. The van der Waals surface area contributed by atoms with E-state index in [1.54, 1.807) is 18.2 Å². The quantitative estimate of drug-likeness (QED) is 0.650. The van der Waals surface area contributed by atoms with Gasteiger partial charge in [-0.05, 0) is 28.1 Å². The molecule has 0 radical (unpaired) electrons. The Morgan fingerprint density at radius 3 is 2.64 bits per heavy atom. The number of alkyl halides is 2. The number of carbonyl (C=O) groups excluding carboxylic acids is 1. The first-order valence-electron chi connectivity index (χ1n) is 8.18. The summed E-state index contributed by atoms with van der Waals surface area (Å²) in [5.41, 5.74) is 0.754. The number of fused-ring (bicyclic) bond motifs is 1. The third-order valence-electron chi connectivity index (χ3n) is 3.74. The van der Waals surface area contributed by atoms with Crippen molar-refractivity contribution in [1.29, 1.82) is 0 Å². The fourth-order valence-corrected chi connectivity index (χ4v) is 2.96. The minimum absolute atomic E-state index is 0.137. The van der Waals surface area contributed by atoms with Gasteiger partial charge in [-0.3, -0.25) is 4.79 Å². The van der Waals surface area contributed by atoms with Crippen LogP contribution in [0.4, 0.5) is 14.5 Å². The molecule has 0 spiro atoms. The van der Waals surface area contributed by atoms with Crippen LogP contribution < -0.4 is 24.3 Å². The zero-order chi connectivity index (χ0) is 20.1. The maximum Gasteiger partial charge on any atom is 0.387 e. The number of para-hydroxylation sites is 1. The molecule has 1 aliphatic heterocycles. The Morgan fingerprint density at radius 1 is 1.25 bits per heavy atom. The number of amides is 1. The Hall–Kier alpha value is -2.81. The lowest BCUT2D eigenvalue weighted by molar-refractivity contribution is -0.111. The van der Waals surface area contributed by atoms with Gasteiger partial charge in [0.15, 0.2) is 23.0 Å². The summed E-state index contributed by atoms with van der Waals surface area (Å²) in [5.74, 6) is 0.621. The molecule has 148 valence electrons. The van der Waals surface area contributed by atoms with Crippen molar-refractivity contribution >= 4 is 33.6 Å². The molecule has 0 atom stereocenters. The van der Waals surface area contributed by atoms with E-state index in [-0.39, 0.29) is 17.1 Å². The van der Waals surface area contributed by atoms with E-state index >= 15 is 0 Å². The standard InChI is InChI=1S/C19H16BrF2NO5/c1-25-14-4-2-3-11(18(14)28-19(21)22)5-6-17(24)23-13-10-16-15(9-12(13)20)26-7-8-27-16/h2-6,9-10,19H,7-8H2,1H3,(H,23,24)/b6-5+. The Bertz CT molecular complexity index is 904. The maximum atomic E-state index is 12.7. The van der Waals surface area contributed by atoms with Crippen molar-refractivity contribution in [1.82, 2.24) is 0 Å². The van der Waals surface area contributed by atoms with Crippen molar-refractivity contribution in [2.75, 3.05) is 25.6 Å². The minimum Gasteiger partial charge on any atom is -0.493 e. The summed E-state index contributed by atoms with van der Waals surface area (Å²) >= 11 is 3.36. The van der Waals surface area contributed by atoms with E-state index in [9.17, 15) is 13.6 Å². The van der Waals surface area contributed by atoms with Gasteiger partial charge in [-0.25, -0.2) is 0 Å². The first-order chi connectivity index (χ1) is 13.5. The van der Waals surface area contributed by atoms with Crippen LogP contribution in [0.5, 0.6) is 23.0 Å². The first-order valence-corrected chi connectivity index (χ1v) is 8.97. The van der Waals surface area contributed by atoms with Crippen LogP contribution in [0, 0.1) is 0 Å². The van der Waals surface area contributed by atoms with E-state index in [4.69, 9.17) is 14.2 Å². The predicted molar refractivity (Wildman–Crippen MR) is 102 cm³/mol. The van der Waals surface area contributed by atoms with E-state index in [2.05, 4.69) is 26.0 Å². The van der Waals surface area contributed by atoms with Crippen molar-refractivity contribution in [3.8, 4) is 23.0 Å². The normalized spacial score (nSPS) is 12.9. The van der Waals surface area contributed by atoms with Crippen LogP contribution in [0.1, 0.15) is 5.56 Å². The molecule has 0 aliphatic carbocycles. The molecule has 1 aliphatic rings. The summed E-state index contributed by atoms with van der Waals surface area (Å²) in [6.45, 7) is -2.15. The van der Waals surface area contributed by atoms with Crippen molar-refractivity contribution < 1.29 is 32.5 Å². The van der Waals surface area contributed by atoms with Gasteiger partial charge in [-0.1, -0.05) is 12.1 Å². The predicted octanol–water partition coefficient (Wildman–Crippen LogP) is 4.48. The average Bonchev–Trinajstić information content (AvgIpc) is 2.67. The number of benzene rings is 2. The molecule has 0 aromatic heterocycles. The van der Waals surface area contributed by atoms with E-state index in [0.717, 1.165) is 0 Å². The number of halogens is 3. The summed E-state index contributed by atoms with van der Waals surface area (Å²) in [7, 11) is 1.34. The number of carbonyl (C=O) groups is 1. The van der Waals surface area contributed by atoms with Gasteiger partial charge in [0, 0.05) is 28.2 Å². The Balaban J connectivity index is 1.78. The van der Waals surface area contributed by atoms with Gasteiger partial charge in [0.05, 0.1) is 12.8 Å². The van der Waals surface area contributed by atoms with E-state index in [1.165, 1.54) is 31.4 Å². The molecule has 0 fully saturated rings. The van der Waals surface area contributed by atoms with Crippen molar-refractivity contribution in [2.24, 2.45) is 0 Å². The Kier molecular flexibility index (Phi) is 6.35. The third-order valence-corrected chi connectivity index (χ3v) is 4.40. The molecular weight excluding hydrogens is 440 g/mol. The third kappa shape index (κ3) is 4.72. The van der Waals surface area contributed by atoms with E-state index in [1.807, 2.05) is 0 Å². The monoisotopic (exact) mass is 455 g/mol. The van der Waals surface area contributed by atoms with Gasteiger partial charge in [0.1, 0.15) is 13.2 Å². The van der Waals surface area contributed by atoms with Crippen LogP contribution in [0.3, 0.4) is 0 Å². The lowest BCUT2D eigenvalue weighted by Gasteiger charge is -2.19. The Morgan fingerprint density at radius 2 is 1.96 bits per heavy atom. The summed E-state index contributed by atoms with van der Waals surface area (Å²) in [6.07, 6.45) is 2.57. The van der Waals surface area contributed by atoms with Crippen LogP contribution in [0.25, 0.3) is 6.08 Å². The highest BCUT2D eigenvalue weighted by Crippen LogP contribution is 2.38. The molecule has 6 nitrogen and oxygen atoms in total. The number of anilines is 1. The number of methoxy groups -OCH3 is 1. The number of ether oxygens (including phenoxy) is 4. The highest BCUT2D eigenvalue weighted by molar-refractivity contribution is 9.10. The van der Waals surface area contributed by atoms with Crippen LogP contribution in [0.2, 0.25) is 0 Å². The average molecular weight is 456 g/mol. The van der Waals surface area contributed by atoms with Gasteiger partial charge in [0.25, 0.3) is 0 Å². The molecule has 2 aromatic carbocycles. The summed E-state index contributed by atoms with van der Waals surface area (Å²) < 4.78 is 46.5. The molecule has 0 saturated heterocycles. The van der Waals surface area contributed by atoms with E-state index < -0.39 is 12.5 Å². The van der Waals surface area contributed by atoms with Crippen LogP contribution >= 0.6 is 15.9 Å². The van der Waals surface area contributed by atoms with Crippen LogP contribution in [0.15, 0.2) is 40.9 Å². The summed E-state index contributed by atoms with van der Waals surface area (Å²) in [6, 6.07) is 7.96. The second kappa shape index (κ2) is 8.92. The molecule has 1 amide bonds. The molecule has 3 rings (SSSR count). The summed E-state index contributed by atoms with van der Waals surface area (Å²) in [5, 5.41) is 2.69. The smallest absolute Gasteiger partial charge is 0.387 e. The van der Waals surface area contributed by atoms with Gasteiger partial charge < -0.3 is 24.3 Å². The number of hydrogen-bond acceptors (Lipinski definition) is 5. The second-order valence-electron chi connectivity index (χ2n) is 5.56. The SMILES string of the molecule is COc1cccc(/C=C/C(=O)Nc2cc3c(cc2Br)OCCO3)c1OC(F)F. The molecule has 1 N–H and O–H groups in total. The molecule has 2 aromatic rings. The van der Waals surface area contributed by atoms with E-state index in [0.29, 0.717) is 34.9 Å². The lowest BCUT2D eigenvalue weighted by Crippen LogP contribution is -2.16. The van der Waals surface area contributed by atoms with Gasteiger partial charge in [-0.15, -0.1) is 0 Å². The highest BCUT2D eigenvalue weighted by Gasteiger charge is 2.16. The maximum absolute atomic E-state index is 12.7. The van der Waals surface area contributed by atoms with Gasteiger partial charge >= 0.3 is 6.61 Å².